The van der Waals surface area contributed by atoms with Crippen molar-refractivity contribution in [1.29, 1.82) is 0 Å². The third-order valence-electron chi connectivity index (χ3n) is 1.66. The van der Waals surface area contributed by atoms with Gasteiger partial charge in [-0.15, -0.1) is 0 Å². The highest BCUT2D eigenvalue weighted by Gasteiger charge is 2.41. The first-order valence-corrected chi connectivity index (χ1v) is 5.70. The predicted molar refractivity (Wildman–Crippen MR) is 66.2 cm³/mol. The van der Waals surface area contributed by atoms with E-state index in [4.69, 9.17) is 14.6 Å². The Morgan fingerprint density at radius 1 is 0.944 bits per heavy atom. The summed E-state index contributed by atoms with van der Waals surface area (Å²) in [5.74, 6) is -1.29. The van der Waals surface area contributed by atoms with Crippen LogP contribution in [0.15, 0.2) is 0 Å². The van der Waals surface area contributed by atoms with E-state index in [1.807, 2.05) is 0 Å². The Morgan fingerprint density at radius 3 is 1.67 bits per heavy atom. The average molecular weight is 261 g/mol. The maximum atomic E-state index is 11.6. The molecule has 0 saturated heterocycles. The van der Waals surface area contributed by atoms with Crippen LogP contribution < -0.4 is 5.32 Å². The summed E-state index contributed by atoms with van der Waals surface area (Å²) in [6, 6.07) is 0. The van der Waals surface area contributed by atoms with E-state index >= 15 is 0 Å². The van der Waals surface area contributed by atoms with Crippen LogP contribution in [0.5, 0.6) is 0 Å². The van der Waals surface area contributed by atoms with Gasteiger partial charge in [-0.05, 0) is 48.5 Å². The van der Waals surface area contributed by atoms with Crippen LogP contribution in [-0.2, 0) is 14.3 Å². The number of hydrogen-bond donors (Lipinski definition) is 2. The number of rotatable bonds is 3. The van der Waals surface area contributed by atoms with E-state index in [1.54, 1.807) is 41.5 Å². The largest absolute Gasteiger partial charge is 0.478 e. The Kier molecular flexibility index (Phi) is 4.77. The van der Waals surface area contributed by atoms with Crippen molar-refractivity contribution < 1.29 is 24.2 Å². The van der Waals surface area contributed by atoms with Crippen LogP contribution in [0, 0.1) is 0 Å². The summed E-state index contributed by atoms with van der Waals surface area (Å²) in [4.78, 5) is 22.8. The Morgan fingerprint density at radius 2 is 1.39 bits per heavy atom. The number of nitrogens with one attached hydrogen (secondary N) is 1. The molecule has 0 heterocycles. The lowest BCUT2D eigenvalue weighted by atomic mass is 10.1. The average Bonchev–Trinajstić information content (AvgIpc) is 1.94. The molecule has 1 amide bonds. The molecule has 0 aromatic rings. The second-order valence-electron chi connectivity index (χ2n) is 6.18. The monoisotopic (exact) mass is 261 g/mol. The molecule has 1 unspecified atom stereocenters. The minimum atomic E-state index is -1.83. The molecule has 6 heteroatoms. The van der Waals surface area contributed by atoms with Crippen LogP contribution in [0.1, 0.15) is 48.5 Å². The summed E-state index contributed by atoms with van der Waals surface area (Å²) >= 11 is 0. The molecule has 0 aromatic heterocycles. The van der Waals surface area contributed by atoms with Gasteiger partial charge in [0.05, 0.1) is 5.60 Å². The summed E-state index contributed by atoms with van der Waals surface area (Å²) in [5.41, 5.74) is -3.26. The Hall–Kier alpha value is -1.30. The summed E-state index contributed by atoms with van der Waals surface area (Å²) in [5, 5.41) is 11.4. The van der Waals surface area contributed by atoms with Gasteiger partial charge in [-0.1, -0.05) is 0 Å². The number of carbonyl (C=O) groups is 2. The standard InChI is InChI=1S/C12H23NO5/c1-10(2,3)17-9(16)13-12(7,8(14)15)18-11(4,5)6/h1-7H3,(H,13,16)(H,14,15). The number of ether oxygens (including phenoxy) is 2. The zero-order valence-electron chi connectivity index (χ0n) is 12.1. The molecule has 0 fully saturated rings. The quantitative estimate of drug-likeness (QED) is 0.760. The molecule has 18 heavy (non-hydrogen) atoms. The van der Waals surface area contributed by atoms with Crippen LogP contribution in [-0.4, -0.2) is 34.1 Å². The maximum absolute atomic E-state index is 11.6. The lowest BCUT2D eigenvalue weighted by molar-refractivity contribution is -0.186. The highest BCUT2D eigenvalue weighted by molar-refractivity contribution is 5.82. The number of aliphatic carboxylic acids is 1. The van der Waals surface area contributed by atoms with Crippen molar-refractivity contribution in [2.24, 2.45) is 0 Å². The molecule has 0 radical (unpaired) electrons. The van der Waals surface area contributed by atoms with Gasteiger partial charge in [0.2, 0.25) is 5.72 Å². The SMILES string of the molecule is CC(C)(C)OC(=O)NC(C)(OC(C)(C)C)C(=O)O. The first-order valence-electron chi connectivity index (χ1n) is 5.70. The smallest absolute Gasteiger partial charge is 0.410 e. The van der Waals surface area contributed by atoms with Gasteiger partial charge in [0.15, 0.2) is 0 Å². The molecule has 0 aliphatic rings. The second-order valence-corrected chi connectivity index (χ2v) is 6.18. The minimum Gasteiger partial charge on any atom is -0.478 e. The Balaban J connectivity index is 4.84. The number of carboxylic acid groups (broad SMARTS) is 1. The highest BCUT2D eigenvalue weighted by atomic mass is 16.6. The number of amides is 1. The van der Waals surface area contributed by atoms with Crippen LogP contribution in [0.2, 0.25) is 0 Å². The molecule has 0 aliphatic carbocycles. The molecule has 0 aromatic carbocycles. The van der Waals surface area contributed by atoms with E-state index < -0.39 is 29.0 Å². The molecule has 0 bridgehead atoms. The van der Waals surface area contributed by atoms with Gasteiger partial charge in [0.25, 0.3) is 0 Å². The summed E-state index contributed by atoms with van der Waals surface area (Å²) in [6.45, 7) is 11.4. The summed E-state index contributed by atoms with van der Waals surface area (Å²) < 4.78 is 10.4. The number of carboxylic acids is 1. The van der Waals surface area contributed by atoms with E-state index in [-0.39, 0.29) is 0 Å². The first kappa shape index (κ1) is 16.7. The first-order chi connectivity index (χ1) is 7.75. The van der Waals surface area contributed by atoms with Gasteiger partial charge in [-0.2, -0.15) is 0 Å². The van der Waals surface area contributed by atoms with Gasteiger partial charge in [-0.3, -0.25) is 5.32 Å². The van der Waals surface area contributed by atoms with Crippen molar-refractivity contribution in [3.05, 3.63) is 0 Å². The highest BCUT2D eigenvalue weighted by Crippen LogP contribution is 2.19. The fourth-order valence-corrected chi connectivity index (χ4v) is 1.23. The van der Waals surface area contributed by atoms with Crippen LogP contribution in [0.25, 0.3) is 0 Å². The van der Waals surface area contributed by atoms with E-state index in [0.29, 0.717) is 0 Å². The lowest BCUT2D eigenvalue weighted by Crippen LogP contribution is -2.57. The number of alkyl carbamates (subject to hydrolysis) is 1. The van der Waals surface area contributed by atoms with Crippen molar-refractivity contribution in [3.8, 4) is 0 Å². The van der Waals surface area contributed by atoms with Crippen molar-refractivity contribution in [3.63, 3.8) is 0 Å². The van der Waals surface area contributed by atoms with Gasteiger partial charge in [0, 0.05) is 0 Å². The zero-order chi connectivity index (χ0) is 14.8. The van der Waals surface area contributed by atoms with Gasteiger partial charge in [-0.25, -0.2) is 9.59 Å². The van der Waals surface area contributed by atoms with Gasteiger partial charge in [0.1, 0.15) is 5.60 Å². The minimum absolute atomic E-state index is 0.703. The normalized spacial score (nSPS) is 15.7. The van der Waals surface area contributed by atoms with E-state index in [2.05, 4.69) is 5.32 Å². The molecule has 2 N–H and O–H groups in total. The maximum Gasteiger partial charge on any atom is 0.410 e. The van der Waals surface area contributed by atoms with Crippen molar-refractivity contribution in [1.82, 2.24) is 5.32 Å². The molecular weight excluding hydrogens is 238 g/mol. The molecule has 0 spiro atoms. The molecule has 0 aliphatic heterocycles. The molecule has 106 valence electrons. The summed E-state index contributed by atoms with van der Waals surface area (Å²) in [7, 11) is 0. The number of hydrogen-bond acceptors (Lipinski definition) is 4. The number of carbonyl (C=O) groups excluding carboxylic acids is 1. The van der Waals surface area contributed by atoms with Gasteiger partial charge < -0.3 is 14.6 Å². The molecule has 0 saturated carbocycles. The van der Waals surface area contributed by atoms with Crippen molar-refractivity contribution in [2.75, 3.05) is 0 Å². The zero-order valence-corrected chi connectivity index (χ0v) is 12.1. The van der Waals surface area contributed by atoms with Crippen LogP contribution in [0.4, 0.5) is 4.79 Å². The van der Waals surface area contributed by atoms with E-state index in [1.165, 1.54) is 6.92 Å². The molecule has 6 nitrogen and oxygen atoms in total. The third kappa shape index (κ3) is 6.44. The van der Waals surface area contributed by atoms with Crippen LogP contribution in [0.3, 0.4) is 0 Å². The lowest BCUT2D eigenvalue weighted by Gasteiger charge is -2.34. The van der Waals surface area contributed by atoms with Crippen molar-refractivity contribution in [2.45, 2.75) is 65.4 Å². The second kappa shape index (κ2) is 5.14. The fraction of sp³-hybridized carbons (Fsp3) is 0.833. The molecular formula is C12H23NO5. The molecule has 0 rings (SSSR count). The topological polar surface area (TPSA) is 84.9 Å². The van der Waals surface area contributed by atoms with Gasteiger partial charge >= 0.3 is 12.1 Å². The Labute approximate surface area is 108 Å². The molecule has 1 atom stereocenters. The van der Waals surface area contributed by atoms with E-state index in [0.717, 1.165) is 0 Å². The van der Waals surface area contributed by atoms with E-state index in [9.17, 15) is 9.59 Å². The van der Waals surface area contributed by atoms with Crippen LogP contribution >= 0.6 is 0 Å². The summed E-state index contributed by atoms with van der Waals surface area (Å²) in [6.07, 6.45) is -0.836. The third-order valence-corrected chi connectivity index (χ3v) is 1.66. The van der Waals surface area contributed by atoms with Crippen molar-refractivity contribution >= 4 is 12.1 Å². The Bertz CT molecular complexity index is 326. The predicted octanol–water partition coefficient (Wildman–Crippen LogP) is 2.13. The fourth-order valence-electron chi connectivity index (χ4n) is 1.23.